The summed E-state index contributed by atoms with van der Waals surface area (Å²) in [5.74, 6) is 2.37. The summed E-state index contributed by atoms with van der Waals surface area (Å²) in [7, 11) is 0. The van der Waals surface area contributed by atoms with Crippen molar-refractivity contribution in [2.24, 2.45) is 0 Å². The van der Waals surface area contributed by atoms with Crippen LogP contribution in [0.15, 0.2) is 36.4 Å². The molecule has 0 unspecified atom stereocenters. The predicted molar refractivity (Wildman–Crippen MR) is 79.9 cm³/mol. The summed E-state index contributed by atoms with van der Waals surface area (Å²) in [4.78, 5) is 8.80. The van der Waals surface area contributed by atoms with E-state index >= 15 is 0 Å². The van der Waals surface area contributed by atoms with E-state index in [1.54, 1.807) is 0 Å². The third kappa shape index (κ3) is 4.25. The van der Waals surface area contributed by atoms with Gasteiger partial charge in [-0.25, -0.2) is 9.97 Å². The maximum Gasteiger partial charge on any atom is 0.136 e. The minimum absolute atomic E-state index is 0.0230. The molecule has 0 spiro atoms. The lowest BCUT2D eigenvalue weighted by Crippen LogP contribution is -2.26. The lowest BCUT2D eigenvalue weighted by molar-refractivity contribution is 0.629. The summed E-state index contributed by atoms with van der Waals surface area (Å²) in [6, 6.07) is 11.9. The third-order valence-electron chi connectivity index (χ3n) is 2.39. The molecule has 0 saturated carbocycles. The number of aryl methyl sites for hydroxylation is 1. The lowest BCUT2D eigenvalue weighted by Gasteiger charge is -2.21. The van der Waals surface area contributed by atoms with Gasteiger partial charge in [0.25, 0.3) is 0 Å². The largest absolute Gasteiger partial charge is 0.365 e. The van der Waals surface area contributed by atoms with Gasteiger partial charge in [-0.15, -0.1) is 0 Å². The molecule has 4 nitrogen and oxygen atoms in total. The first kappa shape index (κ1) is 13.3. The maximum absolute atomic E-state index is 4.40. The molecule has 4 heteroatoms. The highest BCUT2D eigenvalue weighted by molar-refractivity contribution is 5.59. The summed E-state index contributed by atoms with van der Waals surface area (Å²) in [6.07, 6.45) is 0. The first-order valence-electron chi connectivity index (χ1n) is 6.38. The van der Waals surface area contributed by atoms with Crippen LogP contribution in [0.2, 0.25) is 0 Å². The highest BCUT2D eigenvalue weighted by Crippen LogP contribution is 2.19. The van der Waals surface area contributed by atoms with Crippen LogP contribution in [0.25, 0.3) is 0 Å². The molecule has 19 heavy (non-hydrogen) atoms. The molecule has 0 atom stereocenters. The minimum Gasteiger partial charge on any atom is -0.365 e. The van der Waals surface area contributed by atoms with Crippen molar-refractivity contribution in [3.8, 4) is 0 Å². The molecule has 2 N–H and O–H groups in total. The van der Waals surface area contributed by atoms with Gasteiger partial charge < -0.3 is 10.6 Å². The van der Waals surface area contributed by atoms with E-state index in [2.05, 4.69) is 41.4 Å². The minimum atomic E-state index is -0.0230. The van der Waals surface area contributed by atoms with Crippen molar-refractivity contribution in [3.63, 3.8) is 0 Å². The molecule has 0 saturated heterocycles. The molecule has 2 aromatic rings. The van der Waals surface area contributed by atoms with Gasteiger partial charge in [-0.1, -0.05) is 18.2 Å². The second-order valence-corrected chi connectivity index (χ2v) is 5.55. The topological polar surface area (TPSA) is 49.8 Å². The van der Waals surface area contributed by atoms with Crippen LogP contribution < -0.4 is 10.6 Å². The first-order valence-corrected chi connectivity index (χ1v) is 6.38. The Morgan fingerprint density at radius 3 is 2.21 bits per heavy atom. The van der Waals surface area contributed by atoms with E-state index in [0.29, 0.717) is 0 Å². The average molecular weight is 256 g/mol. The Morgan fingerprint density at radius 1 is 0.947 bits per heavy atom. The van der Waals surface area contributed by atoms with Crippen LogP contribution in [0.1, 0.15) is 26.6 Å². The zero-order valence-corrected chi connectivity index (χ0v) is 11.9. The van der Waals surface area contributed by atoms with E-state index in [1.165, 1.54) is 0 Å². The Labute approximate surface area is 114 Å². The SMILES string of the molecule is Cc1nc(Nc2ccccc2)cc(NC(C)(C)C)n1. The molecule has 0 aliphatic heterocycles. The van der Waals surface area contributed by atoms with E-state index in [-0.39, 0.29) is 5.54 Å². The molecule has 2 rings (SSSR count). The van der Waals surface area contributed by atoms with Crippen molar-refractivity contribution in [1.82, 2.24) is 9.97 Å². The summed E-state index contributed by atoms with van der Waals surface area (Å²) in [5, 5.41) is 6.64. The average Bonchev–Trinajstić information content (AvgIpc) is 2.26. The van der Waals surface area contributed by atoms with Crippen LogP contribution in [-0.2, 0) is 0 Å². The number of hydrogen-bond donors (Lipinski definition) is 2. The van der Waals surface area contributed by atoms with Crippen LogP contribution in [-0.4, -0.2) is 15.5 Å². The Hall–Kier alpha value is -2.10. The molecule has 1 aromatic carbocycles. The lowest BCUT2D eigenvalue weighted by atomic mass is 10.1. The number of para-hydroxylation sites is 1. The summed E-state index contributed by atoms with van der Waals surface area (Å²) < 4.78 is 0. The molecule has 0 fully saturated rings. The van der Waals surface area contributed by atoms with Gasteiger partial charge in [0.1, 0.15) is 17.5 Å². The van der Waals surface area contributed by atoms with Crippen molar-refractivity contribution in [3.05, 3.63) is 42.2 Å². The number of anilines is 3. The standard InChI is InChI=1S/C15H20N4/c1-11-16-13(18-12-8-6-5-7-9-12)10-14(17-11)19-15(2,3)4/h5-10H,1-4H3,(H2,16,17,18,19). The van der Waals surface area contributed by atoms with E-state index in [1.807, 2.05) is 43.3 Å². The Balaban J connectivity index is 2.22. The van der Waals surface area contributed by atoms with Crippen molar-refractivity contribution in [1.29, 1.82) is 0 Å². The van der Waals surface area contributed by atoms with E-state index in [4.69, 9.17) is 0 Å². The van der Waals surface area contributed by atoms with Gasteiger partial charge >= 0.3 is 0 Å². The molecule has 1 aromatic heterocycles. The second-order valence-electron chi connectivity index (χ2n) is 5.55. The Bertz CT molecular complexity index is 544. The van der Waals surface area contributed by atoms with E-state index < -0.39 is 0 Å². The molecule has 100 valence electrons. The quantitative estimate of drug-likeness (QED) is 0.878. The van der Waals surface area contributed by atoms with Crippen molar-refractivity contribution in [2.45, 2.75) is 33.2 Å². The first-order chi connectivity index (χ1) is 8.92. The van der Waals surface area contributed by atoms with Crippen LogP contribution in [0.3, 0.4) is 0 Å². The van der Waals surface area contributed by atoms with Crippen LogP contribution in [0.4, 0.5) is 17.3 Å². The van der Waals surface area contributed by atoms with Crippen LogP contribution in [0, 0.1) is 6.92 Å². The zero-order valence-electron chi connectivity index (χ0n) is 11.9. The fourth-order valence-electron chi connectivity index (χ4n) is 1.75. The van der Waals surface area contributed by atoms with Gasteiger partial charge in [0.2, 0.25) is 0 Å². The van der Waals surface area contributed by atoms with E-state index in [0.717, 1.165) is 23.1 Å². The molecular formula is C15H20N4. The van der Waals surface area contributed by atoms with Gasteiger partial charge in [0, 0.05) is 17.3 Å². The Morgan fingerprint density at radius 2 is 1.58 bits per heavy atom. The highest BCUT2D eigenvalue weighted by atomic mass is 15.1. The van der Waals surface area contributed by atoms with Gasteiger partial charge in [-0.2, -0.15) is 0 Å². The van der Waals surface area contributed by atoms with Crippen LogP contribution in [0.5, 0.6) is 0 Å². The molecular weight excluding hydrogens is 236 g/mol. The number of aromatic nitrogens is 2. The molecule has 0 radical (unpaired) electrons. The van der Waals surface area contributed by atoms with Crippen LogP contribution >= 0.6 is 0 Å². The van der Waals surface area contributed by atoms with Crippen molar-refractivity contribution < 1.29 is 0 Å². The fourth-order valence-corrected chi connectivity index (χ4v) is 1.75. The van der Waals surface area contributed by atoms with Gasteiger partial charge in [-0.05, 0) is 39.8 Å². The predicted octanol–water partition coefficient (Wildman–Crippen LogP) is 3.74. The maximum atomic E-state index is 4.40. The molecule has 1 heterocycles. The normalized spacial score (nSPS) is 11.2. The molecule has 0 aliphatic rings. The van der Waals surface area contributed by atoms with E-state index in [9.17, 15) is 0 Å². The highest BCUT2D eigenvalue weighted by Gasteiger charge is 2.11. The molecule has 0 bridgehead atoms. The third-order valence-corrected chi connectivity index (χ3v) is 2.39. The number of nitrogens with zero attached hydrogens (tertiary/aromatic N) is 2. The summed E-state index contributed by atoms with van der Waals surface area (Å²) >= 11 is 0. The number of benzene rings is 1. The number of rotatable bonds is 3. The van der Waals surface area contributed by atoms with Crippen molar-refractivity contribution >= 4 is 17.3 Å². The fraction of sp³-hybridized carbons (Fsp3) is 0.333. The molecule has 0 amide bonds. The second kappa shape index (κ2) is 5.26. The smallest absolute Gasteiger partial charge is 0.136 e. The zero-order chi connectivity index (χ0) is 13.9. The molecule has 0 aliphatic carbocycles. The van der Waals surface area contributed by atoms with Crippen molar-refractivity contribution in [2.75, 3.05) is 10.6 Å². The van der Waals surface area contributed by atoms with Gasteiger partial charge in [-0.3, -0.25) is 0 Å². The Kier molecular flexibility index (Phi) is 3.69. The number of nitrogens with one attached hydrogen (secondary N) is 2. The summed E-state index contributed by atoms with van der Waals surface area (Å²) in [5.41, 5.74) is 0.993. The van der Waals surface area contributed by atoms with Gasteiger partial charge in [0.05, 0.1) is 0 Å². The van der Waals surface area contributed by atoms with Gasteiger partial charge in [0.15, 0.2) is 0 Å². The summed E-state index contributed by atoms with van der Waals surface area (Å²) in [6.45, 7) is 8.21. The number of hydrogen-bond acceptors (Lipinski definition) is 4. The monoisotopic (exact) mass is 256 g/mol.